The van der Waals surface area contributed by atoms with E-state index in [9.17, 15) is 9.59 Å². The molecule has 320 valence electrons. The van der Waals surface area contributed by atoms with E-state index in [0.717, 1.165) is 33.8 Å². The Bertz CT molecular complexity index is 2680. The number of fused-ring (bicyclic) bond motifs is 4. The summed E-state index contributed by atoms with van der Waals surface area (Å²) in [6, 6.07) is 18.3. The number of allylic oxidation sites excluding steroid dienone is 2. The minimum absolute atomic E-state index is 0.155. The predicted octanol–water partition coefficient (Wildman–Crippen LogP) is 12.0. The van der Waals surface area contributed by atoms with Crippen LogP contribution in [0.5, 0.6) is 34.5 Å². The number of hydrogen-bond acceptors (Lipinski definition) is 10. The summed E-state index contributed by atoms with van der Waals surface area (Å²) in [6.07, 6.45) is 14.8. The van der Waals surface area contributed by atoms with Crippen LogP contribution in [0.2, 0.25) is 0 Å². The highest BCUT2D eigenvalue weighted by molar-refractivity contribution is 5.94. The van der Waals surface area contributed by atoms with Crippen LogP contribution in [-0.2, 0) is 0 Å². The van der Waals surface area contributed by atoms with Crippen LogP contribution < -0.4 is 39.3 Å². The molecule has 4 heterocycles. The van der Waals surface area contributed by atoms with Crippen LogP contribution in [0.15, 0.2) is 127 Å². The molecule has 8 rings (SSSR count). The summed E-state index contributed by atoms with van der Waals surface area (Å²) in [5.74, 6) is 3.65. The third-order valence-corrected chi connectivity index (χ3v) is 10.3. The zero-order valence-electron chi connectivity index (χ0n) is 36.9. The summed E-state index contributed by atoms with van der Waals surface area (Å²) in [5.41, 5.74) is 5.95. The van der Waals surface area contributed by atoms with E-state index in [4.69, 9.17) is 37.3 Å². The molecule has 0 atom stereocenters. The average Bonchev–Trinajstić information content (AvgIpc) is 3.22. The molecular formula is C52H52O10. The smallest absolute Gasteiger partial charge is 0.204 e. The molecule has 2 aliphatic rings. The van der Waals surface area contributed by atoms with E-state index in [2.05, 4.69) is 0 Å². The first kappa shape index (κ1) is 43.2. The molecule has 0 saturated carbocycles. The lowest BCUT2D eigenvalue weighted by Gasteiger charge is -2.28. The lowest BCUT2D eigenvalue weighted by Crippen LogP contribution is -2.27. The molecule has 6 aromatic rings. The quantitative estimate of drug-likeness (QED) is 0.123. The molecule has 0 N–H and O–H groups in total. The number of benzene rings is 4. The minimum Gasteiger partial charge on any atom is -0.495 e. The van der Waals surface area contributed by atoms with Crippen LogP contribution in [0.4, 0.5) is 0 Å². The maximum Gasteiger partial charge on any atom is 0.204 e. The Labute approximate surface area is 361 Å². The fourth-order valence-corrected chi connectivity index (χ4v) is 7.07. The van der Waals surface area contributed by atoms with Crippen LogP contribution in [-0.4, -0.2) is 38.6 Å². The van der Waals surface area contributed by atoms with Crippen LogP contribution in [0.3, 0.4) is 0 Å². The second-order valence-corrected chi connectivity index (χ2v) is 16.7. The topological polar surface area (TPSA) is 116 Å². The third kappa shape index (κ3) is 9.19. The lowest BCUT2D eigenvalue weighted by molar-refractivity contribution is 0.158. The van der Waals surface area contributed by atoms with Gasteiger partial charge in [0.1, 0.15) is 93.4 Å². The highest BCUT2D eigenvalue weighted by Gasteiger charge is 2.29. The highest BCUT2D eigenvalue weighted by Crippen LogP contribution is 2.43. The number of rotatable bonds is 10. The second-order valence-electron chi connectivity index (χ2n) is 16.7. The lowest BCUT2D eigenvalue weighted by atomic mass is 9.98. The number of ether oxygens (including phenoxy) is 6. The number of hydrogen-bond donors (Lipinski definition) is 0. The molecular weight excluding hydrogens is 785 g/mol. The Morgan fingerprint density at radius 3 is 1.29 bits per heavy atom. The van der Waals surface area contributed by atoms with Gasteiger partial charge in [-0.3, -0.25) is 9.59 Å². The van der Waals surface area contributed by atoms with E-state index in [1.807, 2.05) is 140 Å². The van der Waals surface area contributed by atoms with E-state index in [0.29, 0.717) is 69.3 Å². The summed E-state index contributed by atoms with van der Waals surface area (Å²) in [7, 11) is 3.10. The molecule has 0 radical (unpaired) electrons. The first-order chi connectivity index (χ1) is 29.6. The van der Waals surface area contributed by atoms with E-state index in [-0.39, 0.29) is 10.9 Å². The third-order valence-electron chi connectivity index (χ3n) is 10.3. The molecule has 2 aliphatic heterocycles. The zero-order valence-corrected chi connectivity index (χ0v) is 36.9. The maximum atomic E-state index is 13.4. The van der Waals surface area contributed by atoms with E-state index >= 15 is 0 Å². The van der Waals surface area contributed by atoms with Crippen molar-refractivity contribution < 1.29 is 37.3 Å². The van der Waals surface area contributed by atoms with Crippen molar-refractivity contribution in [3.63, 3.8) is 0 Å². The van der Waals surface area contributed by atoms with E-state index < -0.39 is 11.2 Å². The van der Waals surface area contributed by atoms with Gasteiger partial charge >= 0.3 is 0 Å². The van der Waals surface area contributed by atoms with Gasteiger partial charge in [0.2, 0.25) is 10.9 Å². The summed E-state index contributed by atoms with van der Waals surface area (Å²) in [4.78, 5) is 26.8. The van der Waals surface area contributed by atoms with Gasteiger partial charge in [0.05, 0.1) is 36.5 Å². The van der Waals surface area contributed by atoms with Gasteiger partial charge in [-0.1, -0.05) is 35.4 Å². The van der Waals surface area contributed by atoms with Crippen molar-refractivity contribution in [2.75, 3.05) is 27.4 Å². The van der Waals surface area contributed by atoms with Crippen LogP contribution in [0, 0.1) is 0 Å². The zero-order chi connectivity index (χ0) is 44.3. The van der Waals surface area contributed by atoms with Gasteiger partial charge in [-0.15, -0.1) is 0 Å². The summed E-state index contributed by atoms with van der Waals surface area (Å²) >= 11 is 0. The van der Waals surface area contributed by atoms with Crippen LogP contribution in [0.25, 0.3) is 56.3 Å². The van der Waals surface area contributed by atoms with Crippen molar-refractivity contribution in [3.05, 3.63) is 140 Å². The Balaban J connectivity index is 0.000000186. The van der Waals surface area contributed by atoms with Crippen molar-refractivity contribution in [2.24, 2.45) is 0 Å². The maximum absolute atomic E-state index is 13.4. The van der Waals surface area contributed by atoms with Gasteiger partial charge in [-0.05, 0) is 127 Å². The average molecular weight is 837 g/mol. The number of methoxy groups -OCH3 is 2. The molecule has 0 bridgehead atoms. The summed E-state index contributed by atoms with van der Waals surface area (Å²) in [5, 5.41) is 0.797. The summed E-state index contributed by atoms with van der Waals surface area (Å²) < 4.78 is 46.5. The van der Waals surface area contributed by atoms with Crippen molar-refractivity contribution in [2.45, 2.75) is 66.6 Å². The predicted molar refractivity (Wildman–Crippen MR) is 246 cm³/mol. The van der Waals surface area contributed by atoms with Gasteiger partial charge in [-0.2, -0.15) is 0 Å². The van der Waals surface area contributed by atoms with Crippen molar-refractivity contribution in [3.8, 4) is 56.8 Å². The Morgan fingerprint density at radius 1 is 0.581 bits per heavy atom. The molecule has 10 nitrogen and oxygen atoms in total. The molecule has 0 fully saturated rings. The fraction of sp³-hybridized carbons (Fsp3) is 0.269. The van der Waals surface area contributed by atoms with Gasteiger partial charge < -0.3 is 37.3 Å². The Morgan fingerprint density at radius 2 is 0.952 bits per heavy atom. The van der Waals surface area contributed by atoms with Crippen molar-refractivity contribution >= 4 is 34.1 Å². The van der Waals surface area contributed by atoms with Crippen LogP contribution in [0.1, 0.15) is 66.5 Å². The van der Waals surface area contributed by atoms with E-state index in [1.165, 1.54) is 23.7 Å². The molecule has 0 unspecified atom stereocenters. The standard InChI is InChI=1S/2C26H26O5/c2*1-16(2)11-13-29-18-8-6-17(7-9-18)20-15-30-22-14-21-19(10-12-26(3,4)31-21)25(28-5)23(22)24(20)27/h2*6-12,14-15H,13H2,1-5H3. The monoisotopic (exact) mass is 836 g/mol. The Hall–Kier alpha value is -6.94. The van der Waals surface area contributed by atoms with Gasteiger partial charge in [0.15, 0.2) is 0 Å². The first-order valence-corrected chi connectivity index (χ1v) is 20.4. The van der Waals surface area contributed by atoms with Gasteiger partial charge in [0, 0.05) is 12.1 Å². The molecule has 10 heteroatoms. The molecule has 0 aliphatic carbocycles. The second kappa shape index (κ2) is 17.6. The van der Waals surface area contributed by atoms with E-state index in [1.54, 1.807) is 26.4 Å². The molecule has 2 aromatic heterocycles. The minimum atomic E-state index is -0.443. The fourth-order valence-electron chi connectivity index (χ4n) is 7.07. The molecule has 0 saturated heterocycles. The SMILES string of the molecule is COc1c2c(cc3occ(-c4ccc(OCC=C(C)C)cc4)c(=O)c13)OC(C)(C)C=C2.COc1c2c(cc3occ(-c4ccc(OCC=C(C)C)cc4)c(=O)c13)OC(C)(C)C=C2. The van der Waals surface area contributed by atoms with Crippen LogP contribution >= 0.6 is 0 Å². The largest absolute Gasteiger partial charge is 0.495 e. The Kier molecular flexibility index (Phi) is 12.2. The molecule has 0 spiro atoms. The van der Waals surface area contributed by atoms with Gasteiger partial charge in [-0.25, -0.2) is 0 Å². The first-order valence-electron chi connectivity index (χ1n) is 20.4. The molecule has 0 amide bonds. The molecule has 62 heavy (non-hydrogen) atoms. The highest BCUT2D eigenvalue weighted by atomic mass is 16.5. The normalized spacial score (nSPS) is 14.0. The summed E-state index contributed by atoms with van der Waals surface area (Å²) in [6.45, 7) is 17.0. The van der Waals surface area contributed by atoms with Crippen molar-refractivity contribution in [1.82, 2.24) is 0 Å². The van der Waals surface area contributed by atoms with Gasteiger partial charge in [0.25, 0.3) is 0 Å². The molecule has 4 aromatic carbocycles. The van der Waals surface area contributed by atoms with Crippen molar-refractivity contribution in [1.29, 1.82) is 0 Å².